The van der Waals surface area contributed by atoms with Crippen molar-refractivity contribution in [1.29, 1.82) is 0 Å². The zero-order valence-corrected chi connectivity index (χ0v) is 11.2. The van der Waals surface area contributed by atoms with E-state index in [1.54, 1.807) is 27.7 Å². The van der Waals surface area contributed by atoms with Crippen molar-refractivity contribution in [3.05, 3.63) is 35.4 Å². The Hall–Kier alpha value is -1.74. The van der Waals surface area contributed by atoms with Gasteiger partial charge in [-0.1, -0.05) is 35.8 Å². The molecule has 18 heavy (non-hydrogen) atoms. The topological polar surface area (TPSA) is 40.5 Å². The van der Waals surface area contributed by atoms with E-state index < -0.39 is 11.2 Å². The average Bonchev–Trinajstić information content (AvgIpc) is 2.22. The Balaban J connectivity index is 3.14. The molecule has 0 heterocycles. The summed E-state index contributed by atoms with van der Waals surface area (Å²) in [6, 6.07) is 7.41. The van der Waals surface area contributed by atoms with E-state index >= 15 is 0 Å². The van der Waals surface area contributed by atoms with Gasteiger partial charge in [0.05, 0.1) is 0 Å². The first-order valence-electron chi connectivity index (χ1n) is 5.77. The Bertz CT molecular complexity index is 484. The number of rotatable bonds is 0. The van der Waals surface area contributed by atoms with E-state index in [0.717, 1.165) is 11.1 Å². The molecule has 0 atom stereocenters. The van der Waals surface area contributed by atoms with Crippen molar-refractivity contribution in [1.82, 2.24) is 0 Å². The zero-order valence-electron chi connectivity index (χ0n) is 11.2. The lowest BCUT2D eigenvalue weighted by Gasteiger charge is -2.07. The van der Waals surface area contributed by atoms with Crippen molar-refractivity contribution in [2.75, 3.05) is 0 Å². The van der Waals surface area contributed by atoms with Crippen LogP contribution < -0.4 is 0 Å². The molecule has 0 aliphatic heterocycles. The quantitative estimate of drug-likeness (QED) is 0.682. The van der Waals surface area contributed by atoms with Gasteiger partial charge in [0.25, 0.3) is 0 Å². The van der Waals surface area contributed by atoms with Crippen LogP contribution in [0.5, 0.6) is 0 Å². The molecule has 0 radical (unpaired) electrons. The first-order valence-corrected chi connectivity index (χ1v) is 5.77. The molecule has 94 valence electrons. The molecule has 0 aliphatic carbocycles. The van der Waals surface area contributed by atoms with Crippen molar-refractivity contribution >= 4 is 0 Å². The molecular weight excluding hydrogens is 224 g/mol. The Morgan fingerprint density at radius 3 is 1.39 bits per heavy atom. The normalized spacial score (nSPS) is 11.0. The monoisotopic (exact) mass is 242 g/mol. The SMILES string of the molecule is CC(C)(O)C#Cc1ccccc1C#CC(C)(C)O. The molecule has 2 nitrogen and oxygen atoms in total. The number of hydrogen-bond acceptors (Lipinski definition) is 2. The van der Waals surface area contributed by atoms with Gasteiger partial charge < -0.3 is 10.2 Å². The molecule has 2 N–H and O–H groups in total. The summed E-state index contributed by atoms with van der Waals surface area (Å²) in [5.41, 5.74) is -0.569. The molecule has 0 aromatic heterocycles. The summed E-state index contributed by atoms with van der Waals surface area (Å²) >= 11 is 0. The lowest BCUT2D eigenvalue weighted by Crippen LogP contribution is -2.15. The summed E-state index contributed by atoms with van der Waals surface area (Å²) < 4.78 is 0. The van der Waals surface area contributed by atoms with Gasteiger partial charge in [0.15, 0.2) is 0 Å². The first-order chi connectivity index (χ1) is 8.17. The van der Waals surface area contributed by atoms with Gasteiger partial charge in [-0.3, -0.25) is 0 Å². The van der Waals surface area contributed by atoms with E-state index in [0.29, 0.717) is 0 Å². The van der Waals surface area contributed by atoms with Crippen LogP contribution in [0.4, 0.5) is 0 Å². The standard InChI is InChI=1S/C16H18O2/c1-15(2,17)11-9-13-7-5-6-8-14(13)10-12-16(3,4)18/h5-8,17-18H,1-4H3. The Labute approximate surface area is 109 Å². The number of hydrogen-bond donors (Lipinski definition) is 2. The fourth-order valence-electron chi connectivity index (χ4n) is 1.14. The summed E-state index contributed by atoms with van der Waals surface area (Å²) in [5.74, 6) is 11.3. The second-order valence-corrected chi connectivity index (χ2v) is 5.16. The zero-order chi connectivity index (χ0) is 13.8. The molecule has 2 heteroatoms. The molecule has 0 bridgehead atoms. The summed E-state index contributed by atoms with van der Waals surface area (Å²) in [5, 5.41) is 19.2. The lowest BCUT2D eigenvalue weighted by molar-refractivity contribution is 0.143. The molecule has 1 aromatic rings. The van der Waals surface area contributed by atoms with Crippen molar-refractivity contribution in [2.24, 2.45) is 0 Å². The summed E-state index contributed by atoms with van der Waals surface area (Å²) in [6.07, 6.45) is 0. The largest absolute Gasteiger partial charge is 0.378 e. The number of aliphatic hydroxyl groups is 2. The van der Waals surface area contributed by atoms with Crippen molar-refractivity contribution < 1.29 is 10.2 Å². The lowest BCUT2D eigenvalue weighted by atomic mass is 10.0. The predicted octanol–water partition coefficient (Wildman–Crippen LogP) is 1.93. The van der Waals surface area contributed by atoms with Crippen LogP contribution in [-0.2, 0) is 0 Å². The summed E-state index contributed by atoms with van der Waals surface area (Å²) in [4.78, 5) is 0. The van der Waals surface area contributed by atoms with Crippen LogP contribution in [0.15, 0.2) is 24.3 Å². The molecule has 1 aromatic carbocycles. The molecule has 0 saturated heterocycles. The highest BCUT2D eigenvalue weighted by Gasteiger charge is 2.07. The fraction of sp³-hybridized carbons (Fsp3) is 0.375. The van der Waals surface area contributed by atoms with Gasteiger partial charge in [0, 0.05) is 11.1 Å². The second-order valence-electron chi connectivity index (χ2n) is 5.16. The van der Waals surface area contributed by atoms with Crippen LogP contribution in [0.3, 0.4) is 0 Å². The molecule has 0 amide bonds. The molecule has 0 fully saturated rings. The van der Waals surface area contributed by atoms with Crippen LogP contribution >= 0.6 is 0 Å². The van der Waals surface area contributed by atoms with E-state index in [4.69, 9.17) is 0 Å². The molecular formula is C16H18O2. The minimum atomic E-state index is -1.03. The minimum absolute atomic E-state index is 0.747. The van der Waals surface area contributed by atoms with Gasteiger partial charge in [-0.15, -0.1) is 0 Å². The Morgan fingerprint density at radius 2 is 1.11 bits per heavy atom. The first kappa shape index (κ1) is 14.3. The van der Waals surface area contributed by atoms with Crippen LogP contribution in [0.25, 0.3) is 0 Å². The van der Waals surface area contributed by atoms with Crippen molar-refractivity contribution in [3.63, 3.8) is 0 Å². The smallest absolute Gasteiger partial charge is 0.120 e. The maximum absolute atomic E-state index is 9.58. The molecule has 0 spiro atoms. The number of benzene rings is 1. The average molecular weight is 242 g/mol. The highest BCUT2D eigenvalue weighted by molar-refractivity contribution is 5.51. The molecule has 0 saturated carbocycles. The van der Waals surface area contributed by atoms with Gasteiger partial charge in [0.1, 0.15) is 11.2 Å². The maximum Gasteiger partial charge on any atom is 0.120 e. The Kier molecular flexibility index (Phi) is 4.19. The molecule has 1 rings (SSSR count). The minimum Gasteiger partial charge on any atom is -0.378 e. The van der Waals surface area contributed by atoms with E-state index in [1.165, 1.54) is 0 Å². The maximum atomic E-state index is 9.58. The highest BCUT2D eigenvalue weighted by atomic mass is 16.3. The fourth-order valence-corrected chi connectivity index (χ4v) is 1.14. The van der Waals surface area contributed by atoms with Crippen LogP contribution in [-0.4, -0.2) is 21.4 Å². The molecule has 0 unspecified atom stereocenters. The van der Waals surface area contributed by atoms with Crippen molar-refractivity contribution in [2.45, 2.75) is 38.9 Å². The third kappa shape index (κ3) is 5.55. The van der Waals surface area contributed by atoms with Crippen LogP contribution in [0.2, 0.25) is 0 Å². The van der Waals surface area contributed by atoms with E-state index in [9.17, 15) is 10.2 Å². The van der Waals surface area contributed by atoms with E-state index in [1.807, 2.05) is 24.3 Å². The van der Waals surface area contributed by atoms with Gasteiger partial charge in [0.2, 0.25) is 0 Å². The summed E-state index contributed by atoms with van der Waals surface area (Å²) in [7, 11) is 0. The third-order valence-corrected chi connectivity index (χ3v) is 1.93. The Morgan fingerprint density at radius 1 is 0.778 bits per heavy atom. The van der Waals surface area contributed by atoms with Crippen LogP contribution in [0.1, 0.15) is 38.8 Å². The van der Waals surface area contributed by atoms with Gasteiger partial charge in [-0.2, -0.15) is 0 Å². The van der Waals surface area contributed by atoms with Gasteiger partial charge in [-0.05, 0) is 39.8 Å². The van der Waals surface area contributed by atoms with E-state index in [2.05, 4.69) is 23.7 Å². The second kappa shape index (κ2) is 5.27. The molecule has 0 aliphatic rings. The summed E-state index contributed by atoms with van der Waals surface area (Å²) in [6.45, 7) is 6.52. The van der Waals surface area contributed by atoms with E-state index in [-0.39, 0.29) is 0 Å². The third-order valence-electron chi connectivity index (χ3n) is 1.93. The van der Waals surface area contributed by atoms with Gasteiger partial charge >= 0.3 is 0 Å². The predicted molar refractivity (Wildman–Crippen MR) is 72.8 cm³/mol. The van der Waals surface area contributed by atoms with Crippen LogP contribution in [0, 0.1) is 23.7 Å². The highest BCUT2D eigenvalue weighted by Crippen LogP contribution is 2.08. The van der Waals surface area contributed by atoms with Gasteiger partial charge in [-0.25, -0.2) is 0 Å². The van der Waals surface area contributed by atoms with Crippen molar-refractivity contribution in [3.8, 4) is 23.7 Å².